The number of aromatic nitrogens is 2. The maximum atomic E-state index is 16.3. The third-order valence-corrected chi connectivity index (χ3v) is 14.9. The van der Waals surface area contributed by atoms with Gasteiger partial charge in [0.25, 0.3) is 0 Å². The topological polar surface area (TPSA) is 45.4 Å². The molecule has 0 saturated heterocycles. The molecular formula is C63H55FN4O. The minimum Gasteiger partial charge on any atom is -0.456 e. The summed E-state index contributed by atoms with van der Waals surface area (Å²) in [6, 6.07) is 51.1. The average Bonchev–Trinajstić information content (AvgIpc) is 3.97. The van der Waals surface area contributed by atoms with Gasteiger partial charge < -0.3 is 4.42 Å². The number of anilines is 5. The van der Waals surface area contributed by atoms with Crippen molar-refractivity contribution >= 4 is 50.6 Å². The summed E-state index contributed by atoms with van der Waals surface area (Å²) >= 11 is 0. The first-order valence-electron chi connectivity index (χ1n) is 24.2. The van der Waals surface area contributed by atoms with Crippen LogP contribution in [0.1, 0.15) is 92.0 Å². The summed E-state index contributed by atoms with van der Waals surface area (Å²) in [6.07, 6.45) is 11.0. The fraction of sp³-hybridized carbons (Fsp3) is 0.206. The average molecular weight is 903 g/mol. The van der Waals surface area contributed by atoms with E-state index < -0.39 is 5.41 Å². The van der Waals surface area contributed by atoms with Gasteiger partial charge in [0.1, 0.15) is 28.6 Å². The Labute approximate surface area is 404 Å². The molecule has 3 aliphatic carbocycles. The zero-order valence-corrected chi connectivity index (χ0v) is 40.5. The summed E-state index contributed by atoms with van der Waals surface area (Å²) in [6.45, 7) is 17.6. The highest BCUT2D eigenvalue weighted by molar-refractivity contribution is 6.15. The number of aryl methyl sites for hydroxylation is 2. The second-order valence-corrected chi connectivity index (χ2v) is 21.4. The maximum absolute atomic E-state index is 16.3. The van der Waals surface area contributed by atoms with Crippen LogP contribution in [-0.4, -0.2) is 9.97 Å². The Morgan fingerprint density at radius 2 is 1.19 bits per heavy atom. The number of pyridine rings is 2. The van der Waals surface area contributed by atoms with Crippen LogP contribution in [0.4, 0.5) is 33.1 Å². The lowest BCUT2D eigenvalue weighted by atomic mass is 9.65. The van der Waals surface area contributed by atoms with Gasteiger partial charge in [-0.1, -0.05) is 139 Å². The second-order valence-electron chi connectivity index (χ2n) is 21.4. The van der Waals surface area contributed by atoms with Gasteiger partial charge in [-0.05, 0) is 141 Å². The molecule has 0 bridgehead atoms. The molecule has 0 N–H and O–H groups in total. The maximum Gasteiger partial charge on any atom is 0.141 e. The number of benzene rings is 6. The Morgan fingerprint density at radius 3 is 1.83 bits per heavy atom. The first-order valence-corrected chi connectivity index (χ1v) is 24.2. The Hall–Kier alpha value is -7.57. The van der Waals surface area contributed by atoms with Crippen LogP contribution in [0.5, 0.6) is 0 Å². The van der Waals surface area contributed by atoms with Crippen molar-refractivity contribution < 1.29 is 8.81 Å². The van der Waals surface area contributed by atoms with Gasteiger partial charge >= 0.3 is 0 Å². The quantitative estimate of drug-likeness (QED) is 0.166. The van der Waals surface area contributed by atoms with Crippen molar-refractivity contribution in [2.75, 3.05) is 9.80 Å². The van der Waals surface area contributed by atoms with Crippen LogP contribution >= 0.6 is 0 Å². The van der Waals surface area contributed by atoms with Crippen LogP contribution in [0.15, 0.2) is 186 Å². The van der Waals surface area contributed by atoms with E-state index in [1.54, 1.807) is 12.1 Å². The van der Waals surface area contributed by atoms with E-state index in [1.807, 2.05) is 24.5 Å². The molecule has 3 heterocycles. The van der Waals surface area contributed by atoms with Crippen molar-refractivity contribution in [3.63, 3.8) is 0 Å². The molecule has 6 heteroatoms. The number of allylic oxidation sites excluding steroid dienone is 3. The fourth-order valence-electron chi connectivity index (χ4n) is 11.5. The third-order valence-electron chi connectivity index (χ3n) is 14.9. The van der Waals surface area contributed by atoms with Crippen molar-refractivity contribution in [3.8, 4) is 11.1 Å². The number of rotatable bonds is 6. The van der Waals surface area contributed by atoms with Crippen molar-refractivity contribution in [1.29, 1.82) is 0 Å². The minimum atomic E-state index is -0.836. The number of para-hydroxylation sites is 1. The molecule has 6 aromatic carbocycles. The molecule has 69 heavy (non-hydrogen) atoms. The lowest BCUT2D eigenvalue weighted by Gasteiger charge is -2.38. The van der Waals surface area contributed by atoms with Crippen LogP contribution in [0.3, 0.4) is 0 Å². The van der Waals surface area contributed by atoms with E-state index in [-0.39, 0.29) is 28.5 Å². The van der Waals surface area contributed by atoms with Crippen LogP contribution < -0.4 is 9.80 Å². The molecule has 0 radical (unpaired) electrons. The first-order chi connectivity index (χ1) is 33.2. The van der Waals surface area contributed by atoms with Gasteiger partial charge in [0.2, 0.25) is 0 Å². The number of hydrogen-bond donors (Lipinski definition) is 0. The van der Waals surface area contributed by atoms with Crippen LogP contribution in [0.2, 0.25) is 0 Å². The second kappa shape index (κ2) is 15.5. The summed E-state index contributed by atoms with van der Waals surface area (Å²) in [5.41, 5.74) is 15.8. The molecule has 3 aromatic heterocycles. The monoisotopic (exact) mass is 902 g/mol. The molecule has 3 atom stereocenters. The molecule has 0 saturated carbocycles. The van der Waals surface area contributed by atoms with Crippen LogP contribution in [0.25, 0.3) is 33.1 Å². The SMILES string of the molecule is Cc1ccc(N(C2=CC3C(C=C2)c2c(cc(N(c4ccc(C(C)(C)C)cc4)c4ccc(C)cn4)c4c2oc2ccccc24)C32c3ccccc3-c3ccc(F)cc32)c2ccc(C(C)(C)C)cc2)nc1. The van der Waals surface area contributed by atoms with E-state index in [4.69, 9.17) is 14.4 Å². The summed E-state index contributed by atoms with van der Waals surface area (Å²) in [7, 11) is 0. The molecule has 3 aliphatic rings. The van der Waals surface area contributed by atoms with Gasteiger partial charge in [-0.25, -0.2) is 14.4 Å². The standard InChI is InChI=1S/C63H55FN4O/c1-38-17-31-56(65-36-38)67(43-24-19-40(20-25-43)61(3,4)5)45-28-30-48-52(34-45)63(50-15-11-9-13-46(50)47-29-23-42(64)33-51(47)63)53-35-54(59-49-14-10-12-16-55(49)69-60(59)58(48)53)68(57-32-18-39(2)37-66-57)44-26-21-41(22-27-44)62(6,7)8/h9-37,48,52H,1-8H3. The van der Waals surface area contributed by atoms with E-state index in [2.05, 4.69) is 205 Å². The summed E-state index contributed by atoms with van der Waals surface area (Å²) in [5, 5.41) is 2.04. The van der Waals surface area contributed by atoms with E-state index in [9.17, 15) is 0 Å². The van der Waals surface area contributed by atoms with Crippen molar-refractivity contribution in [3.05, 3.63) is 232 Å². The number of fused-ring (bicyclic) bond motifs is 14. The Morgan fingerprint density at radius 1 is 0.594 bits per heavy atom. The van der Waals surface area contributed by atoms with E-state index in [1.165, 1.54) is 11.1 Å². The third kappa shape index (κ3) is 6.63. The zero-order valence-electron chi connectivity index (χ0n) is 40.5. The number of furan rings is 1. The van der Waals surface area contributed by atoms with Gasteiger partial charge in [0, 0.05) is 52.3 Å². The molecule has 0 aliphatic heterocycles. The molecule has 1 spiro atoms. The first kappa shape index (κ1) is 42.8. The van der Waals surface area contributed by atoms with Crippen molar-refractivity contribution in [1.82, 2.24) is 9.97 Å². The molecule has 0 fully saturated rings. The van der Waals surface area contributed by atoms with Crippen molar-refractivity contribution in [2.45, 2.75) is 77.6 Å². The number of halogens is 1. The molecule has 9 aromatic rings. The number of hydrogen-bond acceptors (Lipinski definition) is 5. The lowest BCUT2D eigenvalue weighted by molar-refractivity contribution is 0.459. The van der Waals surface area contributed by atoms with Gasteiger partial charge in [0.05, 0.1) is 16.5 Å². The molecular weight excluding hydrogens is 848 g/mol. The van der Waals surface area contributed by atoms with Gasteiger partial charge in [-0.2, -0.15) is 0 Å². The molecule has 12 rings (SSSR count). The Balaban J connectivity index is 1.18. The van der Waals surface area contributed by atoms with Gasteiger partial charge in [0.15, 0.2) is 0 Å². The van der Waals surface area contributed by atoms with Crippen LogP contribution in [0, 0.1) is 25.6 Å². The van der Waals surface area contributed by atoms with Crippen molar-refractivity contribution in [2.24, 2.45) is 5.92 Å². The number of nitrogens with zero attached hydrogens (tertiary/aromatic N) is 4. The summed E-state index contributed by atoms with van der Waals surface area (Å²) in [5.74, 6) is 1.000. The predicted molar refractivity (Wildman–Crippen MR) is 281 cm³/mol. The molecule has 3 unspecified atom stereocenters. The minimum absolute atomic E-state index is 0.00888. The summed E-state index contributed by atoms with van der Waals surface area (Å²) < 4.78 is 23.6. The van der Waals surface area contributed by atoms with Gasteiger partial charge in [-0.15, -0.1) is 0 Å². The van der Waals surface area contributed by atoms with E-state index in [0.29, 0.717) is 0 Å². The summed E-state index contributed by atoms with van der Waals surface area (Å²) in [4.78, 5) is 14.8. The molecule has 0 amide bonds. The smallest absolute Gasteiger partial charge is 0.141 e. The van der Waals surface area contributed by atoms with E-state index in [0.717, 1.165) is 101 Å². The fourth-order valence-corrected chi connectivity index (χ4v) is 11.5. The zero-order chi connectivity index (χ0) is 47.6. The Kier molecular flexibility index (Phi) is 9.59. The largest absolute Gasteiger partial charge is 0.456 e. The van der Waals surface area contributed by atoms with Gasteiger partial charge in [-0.3, -0.25) is 9.80 Å². The predicted octanol–water partition coefficient (Wildman–Crippen LogP) is 16.5. The molecule has 5 nitrogen and oxygen atoms in total. The Bertz CT molecular complexity index is 3550. The van der Waals surface area contributed by atoms with Crippen LogP contribution in [-0.2, 0) is 16.2 Å². The highest BCUT2D eigenvalue weighted by atomic mass is 19.1. The normalized spacial score (nSPS) is 18.0. The highest BCUT2D eigenvalue weighted by Crippen LogP contribution is 2.68. The molecule has 340 valence electrons. The highest BCUT2D eigenvalue weighted by Gasteiger charge is 2.59. The van der Waals surface area contributed by atoms with E-state index >= 15 is 4.39 Å². The lowest BCUT2D eigenvalue weighted by Crippen LogP contribution is -2.34.